The summed E-state index contributed by atoms with van der Waals surface area (Å²) in [6.07, 6.45) is 2.67. The predicted octanol–water partition coefficient (Wildman–Crippen LogP) is 0.147. The van der Waals surface area contributed by atoms with Gasteiger partial charge in [-0.15, -0.1) is 0 Å². The quantitative estimate of drug-likeness (QED) is 0.431. The van der Waals surface area contributed by atoms with E-state index in [0.29, 0.717) is 0 Å². The maximum Gasteiger partial charge on any atom is 0.229 e. The Morgan fingerprint density at radius 2 is 2.17 bits per heavy atom. The van der Waals surface area contributed by atoms with Gasteiger partial charge < -0.3 is 14.3 Å². The van der Waals surface area contributed by atoms with Gasteiger partial charge in [0.25, 0.3) is 0 Å². The number of carboxylic acids is 1. The molecule has 1 aliphatic heterocycles. The third-order valence-electron chi connectivity index (χ3n) is 1.23. The predicted molar refractivity (Wildman–Crippen MR) is 45.6 cm³/mol. The molecule has 0 atom stereocenters. The van der Waals surface area contributed by atoms with E-state index in [4.69, 9.17) is 4.43 Å². The fraction of sp³-hybridized carbons (Fsp3) is 0.625. The fourth-order valence-corrected chi connectivity index (χ4v) is 1.34. The van der Waals surface area contributed by atoms with Crippen molar-refractivity contribution in [3.05, 3.63) is 12.2 Å². The number of carboxylic acid groups (broad SMARTS) is 1. The van der Waals surface area contributed by atoms with Crippen molar-refractivity contribution >= 4 is 15.7 Å². The first-order chi connectivity index (χ1) is 5.64. The van der Waals surface area contributed by atoms with Crippen molar-refractivity contribution in [1.29, 1.82) is 0 Å². The molecule has 0 saturated carbocycles. The lowest BCUT2D eigenvalue weighted by Crippen LogP contribution is -2.22. The average Bonchev–Trinajstić information content (AvgIpc) is 2.08. The van der Waals surface area contributed by atoms with Crippen LogP contribution >= 0.6 is 0 Å². The molecule has 0 aliphatic carbocycles. The van der Waals surface area contributed by atoms with Crippen LogP contribution in [-0.4, -0.2) is 22.3 Å². The molecule has 0 aromatic carbocycles. The highest BCUT2D eigenvalue weighted by Gasteiger charge is 1.97. The molecule has 4 heteroatoms. The maximum absolute atomic E-state index is 9.49. The maximum atomic E-state index is 9.49. The number of hydrogen-bond donors (Lipinski definition) is 0. The van der Waals surface area contributed by atoms with E-state index in [-0.39, 0.29) is 5.57 Å². The van der Waals surface area contributed by atoms with Gasteiger partial charge in [-0.25, -0.2) is 0 Å². The third kappa shape index (κ3) is 7.49. The second-order valence-electron chi connectivity index (χ2n) is 2.52. The topological polar surface area (TPSA) is 49.4 Å². The van der Waals surface area contributed by atoms with Gasteiger partial charge in [0.2, 0.25) is 9.76 Å². The van der Waals surface area contributed by atoms with Crippen LogP contribution in [0.15, 0.2) is 12.2 Å². The molecule has 2 radical (unpaired) electrons. The fourth-order valence-electron chi connectivity index (χ4n) is 0.516. The molecule has 12 heavy (non-hydrogen) atoms. The Morgan fingerprint density at radius 1 is 1.58 bits per heavy atom. The van der Waals surface area contributed by atoms with Crippen molar-refractivity contribution in [2.24, 2.45) is 0 Å². The molecular weight excluding hydrogens is 172 g/mol. The van der Waals surface area contributed by atoms with E-state index in [1.807, 2.05) is 0 Å². The Hall–Kier alpha value is -0.613. The molecule has 0 amide bonds. The van der Waals surface area contributed by atoms with Gasteiger partial charge in [-0.05, 0) is 25.0 Å². The van der Waals surface area contributed by atoms with E-state index in [2.05, 4.69) is 6.58 Å². The van der Waals surface area contributed by atoms with E-state index < -0.39 is 5.97 Å². The lowest BCUT2D eigenvalue weighted by atomic mass is 10.4. The van der Waals surface area contributed by atoms with Gasteiger partial charge in [0, 0.05) is 6.61 Å². The van der Waals surface area contributed by atoms with Crippen LogP contribution < -0.4 is 5.11 Å². The van der Waals surface area contributed by atoms with Crippen LogP contribution in [0.4, 0.5) is 0 Å². The lowest BCUT2D eigenvalue weighted by molar-refractivity contribution is -0.299. The van der Waals surface area contributed by atoms with E-state index in [1.54, 1.807) is 0 Å². The van der Waals surface area contributed by atoms with Crippen LogP contribution in [0.3, 0.4) is 0 Å². The van der Waals surface area contributed by atoms with Gasteiger partial charge in [0.15, 0.2) is 0 Å². The van der Waals surface area contributed by atoms with Gasteiger partial charge in [0.1, 0.15) is 0 Å². The Morgan fingerprint density at radius 3 is 2.25 bits per heavy atom. The summed E-state index contributed by atoms with van der Waals surface area (Å²) in [6.45, 7) is 5.49. The van der Waals surface area contributed by atoms with Crippen molar-refractivity contribution in [3.8, 4) is 0 Å². The second kappa shape index (κ2) is 7.06. The smallest absolute Gasteiger partial charge is 0.229 e. The van der Waals surface area contributed by atoms with Crippen LogP contribution in [0, 0.1) is 0 Å². The SMILES string of the molecule is C1CC[Si]OC1.C=C(C)C(=O)[O-]. The second-order valence-corrected chi connectivity index (χ2v) is 3.60. The molecule has 68 valence electrons. The minimum atomic E-state index is -1.19. The number of aliphatic carboxylic acids is 1. The highest BCUT2D eigenvalue weighted by atomic mass is 28.2. The van der Waals surface area contributed by atoms with Crippen molar-refractivity contribution in [3.63, 3.8) is 0 Å². The summed E-state index contributed by atoms with van der Waals surface area (Å²) in [4.78, 5) is 9.49. The number of rotatable bonds is 1. The first-order valence-corrected chi connectivity index (χ1v) is 4.97. The van der Waals surface area contributed by atoms with Gasteiger partial charge in [-0.1, -0.05) is 13.0 Å². The highest BCUT2D eigenvalue weighted by molar-refractivity contribution is 6.27. The molecule has 0 aromatic heterocycles. The number of carbonyl (C=O) groups excluding carboxylic acids is 1. The summed E-state index contributed by atoms with van der Waals surface area (Å²) in [5.74, 6) is -1.19. The summed E-state index contributed by atoms with van der Waals surface area (Å²) in [6, 6.07) is 1.31. The molecule has 0 bridgehead atoms. The molecule has 0 spiro atoms. The molecule has 1 aliphatic rings. The summed E-state index contributed by atoms with van der Waals surface area (Å²) >= 11 is 0. The molecule has 1 saturated heterocycles. The summed E-state index contributed by atoms with van der Waals surface area (Å²) in [5.41, 5.74) is 0.0648. The van der Waals surface area contributed by atoms with E-state index in [1.165, 1.54) is 25.8 Å². The first kappa shape index (κ1) is 11.4. The summed E-state index contributed by atoms with van der Waals surface area (Å²) in [5, 5.41) is 9.49. The molecule has 1 fully saturated rings. The molecular formula is C8H13O3Si-. The zero-order valence-corrected chi connectivity index (χ0v) is 8.26. The van der Waals surface area contributed by atoms with Crippen LogP contribution in [0.5, 0.6) is 0 Å². The zero-order chi connectivity index (χ0) is 9.40. The van der Waals surface area contributed by atoms with Crippen LogP contribution in [0.1, 0.15) is 19.8 Å². The van der Waals surface area contributed by atoms with E-state index in [0.717, 1.165) is 16.4 Å². The standard InChI is InChI=1S/C4H6O2.C4H8OSi/c1-3(2)4(5)6;1-2-4-6-5-3-1/h1H2,2H3,(H,5,6);1-4H2/p-1. The largest absolute Gasteiger partial charge is 0.545 e. The summed E-state index contributed by atoms with van der Waals surface area (Å²) < 4.78 is 5.10. The molecule has 0 unspecified atom stereocenters. The molecule has 0 aromatic rings. The van der Waals surface area contributed by atoms with Gasteiger partial charge >= 0.3 is 0 Å². The van der Waals surface area contributed by atoms with E-state index >= 15 is 0 Å². The van der Waals surface area contributed by atoms with Crippen molar-refractivity contribution in [2.45, 2.75) is 25.8 Å². The highest BCUT2D eigenvalue weighted by Crippen LogP contribution is 2.01. The van der Waals surface area contributed by atoms with Gasteiger partial charge in [-0.3, -0.25) is 0 Å². The van der Waals surface area contributed by atoms with Gasteiger partial charge in [-0.2, -0.15) is 0 Å². The van der Waals surface area contributed by atoms with E-state index in [9.17, 15) is 9.90 Å². The minimum absolute atomic E-state index is 0.0648. The van der Waals surface area contributed by atoms with Crippen molar-refractivity contribution in [2.75, 3.05) is 6.61 Å². The van der Waals surface area contributed by atoms with Crippen LogP contribution in [0.25, 0.3) is 0 Å². The zero-order valence-electron chi connectivity index (χ0n) is 7.26. The molecule has 1 heterocycles. The summed E-state index contributed by atoms with van der Waals surface area (Å²) in [7, 11) is 0.802. The number of hydrogen-bond acceptors (Lipinski definition) is 3. The molecule has 0 N–H and O–H groups in total. The lowest BCUT2D eigenvalue weighted by Gasteiger charge is -2.06. The Balaban J connectivity index is 0.000000202. The monoisotopic (exact) mass is 185 g/mol. The van der Waals surface area contributed by atoms with Crippen molar-refractivity contribution < 1.29 is 14.3 Å². The Labute approximate surface area is 75.4 Å². The van der Waals surface area contributed by atoms with Crippen molar-refractivity contribution in [1.82, 2.24) is 0 Å². The number of carbonyl (C=O) groups is 1. The Bertz CT molecular complexity index is 129. The Kier molecular flexibility index (Phi) is 6.70. The molecule has 1 rings (SSSR count). The first-order valence-electron chi connectivity index (χ1n) is 3.86. The third-order valence-corrected chi connectivity index (χ3v) is 2.19. The normalized spacial score (nSPS) is 15.8. The minimum Gasteiger partial charge on any atom is -0.545 e. The molecule has 3 nitrogen and oxygen atoms in total. The van der Waals surface area contributed by atoms with Crippen LogP contribution in [-0.2, 0) is 9.22 Å². The van der Waals surface area contributed by atoms with Crippen LogP contribution in [0.2, 0.25) is 6.04 Å². The van der Waals surface area contributed by atoms with Gasteiger partial charge in [0.05, 0.1) is 5.97 Å². The average molecular weight is 185 g/mol.